The molecule has 1 aliphatic carbocycles. The number of β-amino-alcohol motifs (C(OH)–C–C–N with tert-alkyl or cyclic N) is 1. The Balaban J connectivity index is 1.64. The van der Waals surface area contributed by atoms with Crippen LogP contribution in [0.15, 0.2) is 42.9 Å². The van der Waals surface area contributed by atoms with E-state index in [9.17, 15) is 29.1 Å². The van der Waals surface area contributed by atoms with Crippen LogP contribution in [0.5, 0.6) is 0 Å². The van der Waals surface area contributed by atoms with E-state index in [4.69, 9.17) is 4.74 Å². The van der Waals surface area contributed by atoms with Crippen molar-refractivity contribution in [1.29, 1.82) is 0 Å². The maximum atomic E-state index is 14.5. The summed E-state index contributed by atoms with van der Waals surface area (Å²) in [5, 5.41) is 17.6. The number of aliphatic hydroxyl groups excluding tert-OH is 1. The number of aromatic nitrogens is 2. The van der Waals surface area contributed by atoms with Crippen molar-refractivity contribution in [3.8, 4) is 0 Å². The van der Waals surface area contributed by atoms with Crippen LogP contribution in [0.25, 0.3) is 0 Å². The molecule has 12 nitrogen and oxygen atoms in total. The molecule has 4 atom stereocenters. The average molecular weight is 736 g/mol. The van der Waals surface area contributed by atoms with Crippen molar-refractivity contribution in [2.45, 2.75) is 142 Å². The molecule has 1 saturated carbocycles. The Morgan fingerprint density at radius 3 is 2.26 bits per heavy atom. The number of likely N-dealkylation sites (tertiary alicyclic amines) is 1. The highest BCUT2D eigenvalue weighted by atomic mass is 16.6. The third-order valence-electron chi connectivity index (χ3n) is 10.2. The summed E-state index contributed by atoms with van der Waals surface area (Å²) in [6.07, 6.45) is 9.14. The molecule has 0 radical (unpaired) electrons. The molecule has 3 N–H and O–H groups in total. The molecule has 53 heavy (non-hydrogen) atoms. The number of hydrogen-bond donors (Lipinski definition) is 3. The summed E-state index contributed by atoms with van der Waals surface area (Å²) in [4.78, 5) is 73.7. The summed E-state index contributed by atoms with van der Waals surface area (Å²) >= 11 is 0. The van der Waals surface area contributed by atoms with Gasteiger partial charge >= 0.3 is 6.09 Å². The highest BCUT2D eigenvalue weighted by Gasteiger charge is 2.35. The van der Waals surface area contributed by atoms with Crippen molar-refractivity contribution >= 4 is 29.6 Å². The number of ether oxygens (including phenoxy) is 1. The van der Waals surface area contributed by atoms with Crippen molar-refractivity contribution in [3.05, 3.63) is 54.1 Å². The molecule has 3 amide bonds. The highest BCUT2D eigenvalue weighted by molar-refractivity contribution is 5.92. The van der Waals surface area contributed by atoms with Crippen LogP contribution in [-0.2, 0) is 36.8 Å². The van der Waals surface area contributed by atoms with Gasteiger partial charge in [0.15, 0.2) is 0 Å². The maximum Gasteiger partial charge on any atom is 0.420 e. The number of ketones is 1. The molecule has 2 aromatic rings. The van der Waals surface area contributed by atoms with E-state index in [1.807, 2.05) is 51.1 Å². The first kappa shape index (κ1) is 41.7. The fraction of sp³-hybridized carbons (Fsp3) is 0.659. The first-order valence-corrected chi connectivity index (χ1v) is 19.4. The summed E-state index contributed by atoms with van der Waals surface area (Å²) in [5.41, 5.74) is -0.245. The van der Waals surface area contributed by atoms with Gasteiger partial charge in [0.25, 0.3) is 0 Å². The number of hydrogen-bond acceptors (Lipinski definition) is 8. The van der Waals surface area contributed by atoms with Crippen LogP contribution in [0, 0.1) is 17.3 Å². The number of imidazole rings is 1. The monoisotopic (exact) mass is 735 g/mol. The topological polar surface area (TPSA) is 160 Å². The number of carbonyl (C=O) groups is 5. The van der Waals surface area contributed by atoms with Gasteiger partial charge in [0.2, 0.25) is 17.7 Å². The lowest BCUT2D eigenvalue weighted by atomic mass is 9.83. The smallest absolute Gasteiger partial charge is 0.420 e. The second-order valence-corrected chi connectivity index (χ2v) is 17.0. The predicted molar refractivity (Wildman–Crippen MR) is 202 cm³/mol. The molecule has 1 aromatic carbocycles. The largest absolute Gasteiger partial charge is 0.443 e. The predicted octanol–water partition coefficient (Wildman–Crippen LogP) is 5.39. The summed E-state index contributed by atoms with van der Waals surface area (Å²) in [6, 6.07) is 7.55. The van der Waals surface area contributed by atoms with Crippen LogP contribution in [0.1, 0.15) is 117 Å². The number of Topliss-reactive ketones (excluding diaryl/α,β-unsaturated/α-hetero) is 1. The van der Waals surface area contributed by atoms with Gasteiger partial charge in [-0.1, -0.05) is 83.2 Å². The van der Waals surface area contributed by atoms with E-state index in [1.54, 1.807) is 25.7 Å². The molecule has 4 rings (SSSR count). The number of nitrogens with zero attached hydrogens (tertiary/aromatic N) is 3. The number of piperidine rings is 1. The van der Waals surface area contributed by atoms with Crippen LogP contribution >= 0.6 is 0 Å². The minimum Gasteiger partial charge on any atom is -0.443 e. The fourth-order valence-corrected chi connectivity index (χ4v) is 7.13. The lowest BCUT2D eigenvalue weighted by Gasteiger charge is -2.35. The van der Waals surface area contributed by atoms with Crippen LogP contribution in [-0.4, -0.2) is 86.0 Å². The lowest BCUT2D eigenvalue weighted by molar-refractivity contribution is -0.136. The van der Waals surface area contributed by atoms with Crippen molar-refractivity contribution in [2.24, 2.45) is 17.3 Å². The number of rotatable bonds is 15. The Hall–Kier alpha value is -4.06. The van der Waals surface area contributed by atoms with Gasteiger partial charge in [-0.3, -0.25) is 19.2 Å². The summed E-state index contributed by atoms with van der Waals surface area (Å²) < 4.78 is 6.80. The second-order valence-electron chi connectivity index (χ2n) is 17.0. The SMILES string of the molecule is CC(C)(C)OC(=O)n1cncc1C[C@H](NC(=O)[C@@H](CC(=O)C(C)(C)C)Cc1ccccc1)C(=O)N[C@@H](CC1CCCCC1)[C@@H](O)CN1CCCCC1=O. The van der Waals surface area contributed by atoms with E-state index in [1.165, 1.54) is 17.1 Å². The van der Waals surface area contributed by atoms with E-state index in [-0.39, 0.29) is 37.5 Å². The van der Waals surface area contributed by atoms with Gasteiger partial charge in [-0.2, -0.15) is 0 Å². The molecule has 1 aliphatic heterocycles. The molecule has 12 heteroatoms. The second kappa shape index (κ2) is 18.8. The zero-order chi connectivity index (χ0) is 38.8. The Kier molecular flexibility index (Phi) is 14.8. The Labute approximate surface area is 314 Å². The minimum absolute atomic E-state index is 0.00662. The molecule has 2 aliphatic rings. The Morgan fingerprint density at radius 2 is 1.62 bits per heavy atom. The highest BCUT2D eigenvalue weighted by Crippen LogP contribution is 2.29. The van der Waals surface area contributed by atoms with Crippen LogP contribution in [0.2, 0.25) is 0 Å². The molecule has 1 saturated heterocycles. The normalized spacial score (nSPS) is 18.1. The molecule has 2 heterocycles. The van der Waals surface area contributed by atoms with E-state index in [2.05, 4.69) is 15.6 Å². The molecule has 292 valence electrons. The fourth-order valence-electron chi connectivity index (χ4n) is 7.13. The standard InChI is InChI=1S/C41H61N5O7/c1-40(2,3)35(48)23-30(21-28-15-9-7-10-16-28)37(50)44-33(24-31-25-42-27-46(31)39(52)53-41(4,5)6)38(51)43-32(22-29-17-11-8-12-18-29)34(47)26-45-20-14-13-19-36(45)49/h7,9-10,15-16,25,27,29-30,32-34,47H,8,11-14,17-24,26H2,1-6H3,(H,43,51)(H,44,50)/t30-,32+,33+,34+/m1/s1. The summed E-state index contributed by atoms with van der Waals surface area (Å²) in [7, 11) is 0. The third-order valence-corrected chi connectivity index (χ3v) is 10.2. The molecule has 2 fully saturated rings. The van der Waals surface area contributed by atoms with Gasteiger partial charge in [-0.05, 0) is 57.9 Å². The number of carbonyl (C=O) groups excluding carboxylic acids is 5. The van der Waals surface area contributed by atoms with E-state index >= 15 is 0 Å². The molecular formula is C41H61N5O7. The number of benzene rings is 1. The van der Waals surface area contributed by atoms with E-state index < -0.39 is 53.0 Å². The van der Waals surface area contributed by atoms with Crippen LogP contribution in [0.4, 0.5) is 4.79 Å². The van der Waals surface area contributed by atoms with Crippen molar-refractivity contribution in [3.63, 3.8) is 0 Å². The first-order chi connectivity index (χ1) is 25.0. The van der Waals surface area contributed by atoms with Crippen molar-refractivity contribution in [2.75, 3.05) is 13.1 Å². The summed E-state index contributed by atoms with van der Waals surface area (Å²) in [5.74, 6) is -1.59. The van der Waals surface area contributed by atoms with Crippen LogP contribution in [0.3, 0.4) is 0 Å². The molecular weight excluding hydrogens is 674 g/mol. The molecule has 0 unspecified atom stereocenters. The quantitative estimate of drug-likeness (QED) is 0.220. The minimum atomic E-state index is -1.19. The van der Waals surface area contributed by atoms with Gasteiger partial charge in [-0.15, -0.1) is 0 Å². The van der Waals surface area contributed by atoms with Gasteiger partial charge in [0, 0.05) is 49.9 Å². The van der Waals surface area contributed by atoms with Gasteiger partial charge in [-0.25, -0.2) is 14.3 Å². The molecule has 1 aromatic heterocycles. The van der Waals surface area contributed by atoms with E-state index in [0.717, 1.165) is 50.5 Å². The summed E-state index contributed by atoms with van der Waals surface area (Å²) in [6.45, 7) is 11.4. The molecule has 0 bridgehead atoms. The molecule has 0 spiro atoms. The van der Waals surface area contributed by atoms with Gasteiger partial charge in [0.1, 0.15) is 23.8 Å². The first-order valence-electron chi connectivity index (χ1n) is 19.4. The number of amides is 3. The number of nitrogens with one attached hydrogen (secondary N) is 2. The van der Waals surface area contributed by atoms with Crippen molar-refractivity contribution < 1.29 is 33.8 Å². The zero-order valence-corrected chi connectivity index (χ0v) is 32.6. The number of aliphatic hydroxyl groups is 1. The maximum absolute atomic E-state index is 14.5. The van der Waals surface area contributed by atoms with Gasteiger partial charge in [0.05, 0.1) is 17.8 Å². The van der Waals surface area contributed by atoms with Gasteiger partial charge < -0.3 is 25.4 Å². The van der Waals surface area contributed by atoms with Crippen LogP contribution < -0.4 is 10.6 Å². The Bertz CT molecular complexity index is 1540. The zero-order valence-electron chi connectivity index (χ0n) is 32.6. The van der Waals surface area contributed by atoms with Crippen molar-refractivity contribution in [1.82, 2.24) is 25.1 Å². The average Bonchev–Trinajstić information content (AvgIpc) is 3.56. The lowest BCUT2D eigenvalue weighted by Crippen LogP contribution is -2.57. The third kappa shape index (κ3) is 13.1. The Morgan fingerprint density at radius 1 is 0.925 bits per heavy atom. The van der Waals surface area contributed by atoms with E-state index in [0.29, 0.717) is 31.0 Å².